The molecule has 192 valence electrons. The first-order valence-corrected chi connectivity index (χ1v) is 12.5. The maximum absolute atomic E-state index is 14.3. The zero-order valence-electron chi connectivity index (χ0n) is 20.4. The van der Waals surface area contributed by atoms with Crippen molar-refractivity contribution in [2.75, 3.05) is 5.32 Å². The molecule has 0 fully saturated rings. The van der Waals surface area contributed by atoms with Crippen LogP contribution in [0.4, 0.5) is 14.5 Å². The first-order chi connectivity index (χ1) is 17.6. The predicted molar refractivity (Wildman–Crippen MR) is 142 cm³/mol. The summed E-state index contributed by atoms with van der Waals surface area (Å²) in [6.45, 7) is 3.27. The Morgan fingerprint density at radius 3 is 2.65 bits per heavy atom. The van der Waals surface area contributed by atoms with Crippen LogP contribution in [0.3, 0.4) is 0 Å². The van der Waals surface area contributed by atoms with E-state index < -0.39 is 23.6 Å². The molecule has 1 aromatic heterocycles. The number of rotatable bonds is 7. The van der Waals surface area contributed by atoms with Gasteiger partial charge in [0.25, 0.3) is 0 Å². The molecule has 2 aromatic carbocycles. The number of hydrogen-bond acceptors (Lipinski definition) is 3. The standard InChI is InChI=1S/C28H26BrF2N3O3/c1-16-6-9-26(34(16)23-11-19(28(32)36)10-22(14-23)33-17(2)35)24-12-20(29)4-3-5-27(24)37-15-18-7-8-21(30)13-25(18)31/h4,6-14,27H,3,5,15H2,1-2H3,(H2,32,36)(H,33,35). The molecule has 2 amide bonds. The number of nitrogens with one attached hydrogen (secondary N) is 1. The van der Waals surface area contributed by atoms with Crippen molar-refractivity contribution in [1.82, 2.24) is 4.57 Å². The molecule has 6 nitrogen and oxygen atoms in total. The van der Waals surface area contributed by atoms with Gasteiger partial charge in [0.2, 0.25) is 11.8 Å². The summed E-state index contributed by atoms with van der Waals surface area (Å²) < 4.78 is 36.6. The summed E-state index contributed by atoms with van der Waals surface area (Å²) >= 11 is 3.59. The summed E-state index contributed by atoms with van der Waals surface area (Å²) in [5.74, 6) is -2.21. The van der Waals surface area contributed by atoms with Gasteiger partial charge in [0, 0.05) is 51.2 Å². The van der Waals surface area contributed by atoms with E-state index in [4.69, 9.17) is 10.5 Å². The van der Waals surface area contributed by atoms with E-state index in [2.05, 4.69) is 21.2 Å². The van der Waals surface area contributed by atoms with Gasteiger partial charge in [-0.3, -0.25) is 9.59 Å². The molecular weight excluding hydrogens is 544 g/mol. The number of ether oxygens (including phenoxy) is 1. The van der Waals surface area contributed by atoms with Gasteiger partial charge in [-0.2, -0.15) is 0 Å². The van der Waals surface area contributed by atoms with Gasteiger partial charge in [0.15, 0.2) is 0 Å². The maximum Gasteiger partial charge on any atom is 0.248 e. The highest BCUT2D eigenvalue weighted by Crippen LogP contribution is 2.34. The van der Waals surface area contributed by atoms with Crippen molar-refractivity contribution in [2.24, 2.45) is 5.73 Å². The van der Waals surface area contributed by atoms with Gasteiger partial charge in [-0.05, 0) is 62.2 Å². The summed E-state index contributed by atoms with van der Waals surface area (Å²) in [7, 11) is 0. The maximum atomic E-state index is 14.3. The minimum absolute atomic E-state index is 0.0325. The van der Waals surface area contributed by atoms with Crippen molar-refractivity contribution < 1.29 is 23.1 Å². The lowest BCUT2D eigenvalue weighted by Crippen LogP contribution is -2.18. The predicted octanol–water partition coefficient (Wildman–Crippen LogP) is 6.16. The monoisotopic (exact) mass is 569 g/mol. The Morgan fingerprint density at radius 1 is 1.16 bits per heavy atom. The fourth-order valence-corrected chi connectivity index (χ4v) is 4.81. The molecule has 0 saturated carbocycles. The number of hydrogen-bond donors (Lipinski definition) is 2. The van der Waals surface area contributed by atoms with Crippen molar-refractivity contribution in [1.29, 1.82) is 0 Å². The Bertz CT molecular complexity index is 1430. The number of carbonyl (C=O) groups is 2. The van der Waals surface area contributed by atoms with Gasteiger partial charge in [-0.1, -0.05) is 28.1 Å². The van der Waals surface area contributed by atoms with Gasteiger partial charge < -0.3 is 20.4 Å². The van der Waals surface area contributed by atoms with E-state index in [0.29, 0.717) is 17.8 Å². The van der Waals surface area contributed by atoms with Crippen LogP contribution in [-0.4, -0.2) is 22.5 Å². The zero-order valence-corrected chi connectivity index (χ0v) is 21.9. The molecule has 1 aliphatic carbocycles. The number of nitrogens with two attached hydrogens (primary N) is 1. The van der Waals surface area contributed by atoms with E-state index in [0.717, 1.165) is 33.9 Å². The van der Waals surface area contributed by atoms with Crippen LogP contribution in [0.25, 0.3) is 11.3 Å². The molecule has 1 heterocycles. The topological polar surface area (TPSA) is 86.4 Å². The minimum atomic E-state index is -0.661. The Hall–Kier alpha value is -3.56. The van der Waals surface area contributed by atoms with E-state index in [-0.39, 0.29) is 23.6 Å². The van der Waals surface area contributed by atoms with Crippen molar-refractivity contribution in [3.05, 3.63) is 99.3 Å². The molecule has 0 bridgehead atoms. The summed E-state index contributed by atoms with van der Waals surface area (Å²) in [6.07, 6.45) is 4.94. The first kappa shape index (κ1) is 26.5. The molecule has 0 aliphatic heterocycles. The molecule has 1 unspecified atom stereocenters. The lowest BCUT2D eigenvalue weighted by molar-refractivity contribution is -0.114. The number of aromatic nitrogens is 1. The third-order valence-electron chi connectivity index (χ3n) is 6.02. The normalized spacial score (nSPS) is 15.5. The number of halogens is 3. The molecule has 9 heteroatoms. The molecule has 0 spiro atoms. The summed E-state index contributed by atoms with van der Waals surface area (Å²) in [5.41, 5.74) is 9.65. The van der Waals surface area contributed by atoms with Crippen LogP contribution in [0.1, 0.15) is 47.1 Å². The summed E-state index contributed by atoms with van der Waals surface area (Å²) in [4.78, 5) is 23.7. The smallest absolute Gasteiger partial charge is 0.248 e. The van der Waals surface area contributed by atoms with Gasteiger partial charge in [0.1, 0.15) is 11.6 Å². The van der Waals surface area contributed by atoms with Crippen molar-refractivity contribution in [3.63, 3.8) is 0 Å². The van der Waals surface area contributed by atoms with Crippen LogP contribution in [0.15, 0.2) is 65.2 Å². The molecule has 3 N–H and O–H groups in total. The highest BCUT2D eigenvalue weighted by molar-refractivity contribution is 9.11. The van der Waals surface area contributed by atoms with E-state index >= 15 is 0 Å². The van der Waals surface area contributed by atoms with E-state index in [1.165, 1.54) is 25.1 Å². The number of carbonyl (C=O) groups excluding carboxylic acids is 2. The van der Waals surface area contributed by atoms with Crippen LogP contribution in [0.5, 0.6) is 0 Å². The zero-order chi connectivity index (χ0) is 26.7. The SMILES string of the molecule is CC(=O)Nc1cc(C(N)=O)cc(-n2c(C)ccc2C2=CC(Br)=CCCC2OCc2ccc(F)cc2F)c1. The number of allylic oxidation sites excluding steroid dienone is 3. The number of primary amides is 1. The fraction of sp³-hybridized carbons (Fsp3) is 0.214. The molecule has 1 atom stereocenters. The number of anilines is 1. The van der Waals surface area contributed by atoms with Crippen LogP contribution in [0.2, 0.25) is 0 Å². The number of nitrogens with zero attached hydrogens (tertiary/aromatic N) is 1. The van der Waals surface area contributed by atoms with Gasteiger partial charge in [-0.25, -0.2) is 8.78 Å². The Morgan fingerprint density at radius 2 is 1.95 bits per heavy atom. The quantitative estimate of drug-likeness (QED) is 0.357. The Balaban J connectivity index is 1.76. The number of aryl methyl sites for hydroxylation is 1. The van der Waals surface area contributed by atoms with E-state index in [9.17, 15) is 18.4 Å². The lowest BCUT2D eigenvalue weighted by atomic mass is 10.0. The first-order valence-electron chi connectivity index (χ1n) is 11.7. The fourth-order valence-electron chi connectivity index (χ4n) is 4.33. The van der Waals surface area contributed by atoms with Gasteiger partial charge >= 0.3 is 0 Å². The van der Waals surface area contributed by atoms with E-state index in [1.54, 1.807) is 12.1 Å². The van der Waals surface area contributed by atoms with Crippen molar-refractivity contribution in [2.45, 2.75) is 39.4 Å². The van der Waals surface area contributed by atoms with Gasteiger partial charge in [0.05, 0.1) is 18.4 Å². The molecule has 0 saturated heterocycles. The second-order valence-corrected chi connectivity index (χ2v) is 9.73. The second kappa shape index (κ2) is 11.2. The third-order valence-corrected chi connectivity index (χ3v) is 6.57. The molecule has 0 radical (unpaired) electrons. The van der Waals surface area contributed by atoms with Crippen LogP contribution in [0, 0.1) is 18.6 Å². The average Bonchev–Trinajstić information content (AvgIpc) is 3.10. The van der Waals surface area contributed by atoms with Gasteiger partial charge in [-0.15, -0.1) is 0 Å². The molecule has 4 rings (SSSR count). The summed E-state index contributed by atoms with van der Waals surface area (Å²) in [5, 5.41) is 2.72. The second-order valence-electron chi connectivity index (χ2n) is 8.81. The molecule has 3 aromatic rings. The van der Waals surface area contributed by atoms with Crippen molar-refractivity contribution in [3.8, 4) is 5.69 Å². The highest BCUT2D eigenvalue weighted by Gasteiger charge is 2.24. The average molecular weight is 570 g/mol. The van der Waals surface area contributed by atoms with E-state index in [1.807, 2.05) is 35.8 Å². The largest absolute Gasteiger partial charge is 0.369 e. The van der Waals surface area contributed by atoms with Crippen LogP contribution in [-0.2, 0) is 16.1 Å². The third kappa shape index (κ3) is 6.23. The Kier molecular flexibility index (Phi) is 8.04. The minimum Gasteiger partial charge on any atom is -0.369 e. The summed E-state index contributed by atoms with van der Waals surface area (Å²) in [6, 6.07) is 12.3. The van der Waals surface area contributed by atoms with Crippen LogP contribution < -0.4 is 11.1 Å². The van der Waals surface area contributed by atoms with Crippen molar-refractivity contribution >= 4 is 39.0 Å². The number of amides is 2. The number of benzene rings is 2. The van der Waals surface area contributed by atoms with Crippen LogP contribution >= 0.6 is 15.9 Å². The highest BCUT2D eigenvalue weighted by atomic mass is 79.9. The lowest BCUT2D eigenvalue weighted by Gasteiger charge is -2.23. The molecule has 37 heavy (non-hydrogen) atoms. The molecular formula is C28H26BrF2N3O3. The molecule has 1 aliphatic rings. The Labute approximate surface area is 221 Å².